The molecule has 0 bridgehead atoms. The largest absolute Gasteiger partial charge is 0.423 e. The Morgan fingerprint density at radius 3 is 2.77 bits per heavy atom. The number of aryl methyl sites for hydroxylation is 2. The van der Waals surface area contributed by atoms with E-state index in [0.717, 1.165) is 65.0 Å². The highest BCUT2D eigenvalue weighted by atomic mass is 16.7. The molecule has 0 radical (unpaired) electrons. The summed E-state index contributed by atoms with van der Waals surface area (Å²) >= 11 is 0. The molecule has 8 nitrogen and oxygen atoms in total. The van der Waals surface area contributed by atoms with Gasteiger partial charge < -0.3 is 19.5 Å². The second-order valence-corrected chi connectivity index (χ2v) is 8.34. The summed E-state index contributed by atoms with van der Waals surface area (Å²) in [4.78, 5) is 12.6. The fraction of sp³-hybridized carbons (Fsp3) is 0.348. The molecular weight excluding hydrogens is 392 g/mol. The number of nitrogens with zero attached hydrogens (tertiary/aromatic N) is 5. The zero-order valence-corrected chi connectivity index (χ0v) is 17.6. The molecule has 0 spiro atoms. The van der Waals surface area contributed by atoms with Crippen molar-refractivity contribution in [1.29, 1.82) is 0 Å². The fourth-order valence-corrected chi connectivity index (χ4v) is 4.61. The molecule has 31 heavy (non-hydrogen) atoms. The number of oxazole rings is 1. The van der Waals surface area contributed by atoms with Gasteiger partial charge in [0.25, 0.3) is 6.01 Å². The molecule has 4 aromatic rings. The smallest absolute Gasteiger partial charge is 0.298 e. The van der Waals surface area contributed by atoms with E-state index in [1.54, 1.807) is 0 Å². The molecule has 1 fully saturated rings. The molecular formula is C23H24N6O2. The Morgan fingerprint density at radius 2 is 1.94 bits per heavy atom. The Morgan fingerprint density at radius 1 is 1.10 bits per heavy atom. The van der Waals surface area contributed by atoms with Gasteiger partial charge in [-0.15, -0.1) is 0 Å². The minimum atomic E-state index is -0.107. The Balaban J connectivity index is 1.12. The van der Waals surface area contributed by atoms with Gasteiger partial charge >= 0.3 is 0 Å². The summed E-state index contributed by atoms with van der Waals surface area (Å²) in [5.41, 5.74) is 4.87. The quantitative estimate of drug-likeness (QED) is 0.550. The third-order valence-corrected chi connectivity index (χ3v) is 6.37. The summed E-state index contributed by atoms with van der Waals surface area (Å²) in [6.07, 6.45) is 1.86. The Kier molecular flexibility index (Phi) is 4.12. The van der Waals surface area contributed by atoms with Crippen LogP contribution in [-0.4, -0.2) is 39.9 Å². The van der Waals surface area contributed by atoms with Crippen LogP contribution in [0.2, 0.25) is 0 Å². The van der Waals surface area contributed by atoms with Crippen molar-refractivity contribution in [2.24, 2.45) is 18.1 Å². The minimum absolute atomic E-state index is 0.107. The lowest BCUT2D eigenvalue weighted by Crippen LogP contribution is -2.43. The molecule has 158 valence electrons. The van der Waals surface area contributed by atoms with Crippen LogP contribution in [0.25, 0.3) is 22.0 Å². The number of anilines is 1. The maximum Gasteiger partial charge on any atom is 0.298 e. The highest BCUT2D eigenvalue weighted by Crippen LogP contribution is 2.29. The van der Waals surface area contributed by atoms with Crippen molar-refractivity contribution in [3.05, 3.63) is 53.7 Å². The van der Waals surface area contributed by atoms with Gasteiger partial charge in [0, 0.05) is 37.0 Å². The lowest BCUT2D eigenvalue weighted by molar-refractivity contribution is 0.0188. The van der Waals surface area contributed by atoms with Crippen LogP contribution in [0.3, 0.4) is 0 Å². The zero-order chi connectivity index (χ0) is 20.9. The van der Waals surface area contributed by atoms with E-state index < -0.39 is 0 Å². The van der Waals surface area contributed by atoms with Gasteiger partial charge in [-0.1, -0.05) is 29.4 Å². The van der Waals surface area contributed by atoms with E-state index >= 15 is 0 Å². The number of amidine groups is 1. The molecule has 2 aromatic heterocycles. The molecule has 0 saturated carbocycles. The molecule has 1 N–H and O–H groups in total. The Labute approximate surface area is 179 Å². The molecule has 0 amide bonds. The lowest BCUT2D eigenvalue weighted by Gasteiger charge is -2.32. The third-order valence-electron chi connectivity index (χ3n) is 6.37. The van der Waals surface area contributed by atoms with Crippen LogP contribution in [0.1, 0.15) is 24.1 Å². The maximum absolute atomic E-state index is 5.93. The van der Waals surface area contributed by atoms with E-state index in [1.165, 1.54) is 0 Å². The molecule has 1 atom stereocenters. The normalized spacial score (nSPS) is 19.6. The van der Waals surface area contributed by atoms with Crippen LogP contribution in [0.15, 0.2) is 52.0 Å². The SMILES string of the molecule is Cc1nn(C)c2cc(C3=NOC(C4CCN(c5nc6ccccc6o5)CC4)N3)ccc12. The number of aromatic nitrogens is 3. The summed E-state index contributed by atoms with van der Waals surface area (Å²) in [6.45, 7) is 3.79. The van der Waals surface area contributed by atoms with Crippen LogP contribution in [0.4, 0.5) is 6.01 Å². The average Bonchev–Trinajstić information content (AvgIpc) is 3.52. The summed E-state index contributed by atoms with van der Waals surface area (Å²) in [5, 5.41) is 13.5. The van der Waals surface area contributed by atoms with E-state index in [0.29, 0.717) is 11.9 Å². The van der Waals surface area contributed by atoms with E-state index in [1.807, 2.05) is 42.9 Å². The van der Waals surface area contributed by atoms with Gasteiger partial charge in [0.05, 0.1) is 11.2 Å². The van der Waals surface area contributed by atoms with Crippen molar-refractivity contribution in [1.82, 2.24) is 20.1 Å². The van der Waals surface area contributed by atoms with E-state index in [2.05, 4.69) is 43.7 Å². The standard InChI is InChI=1S/C23H24N6O2/c1-14-17-8-7-16(13-19(17)28(2)26-14)21-25-22(31-27-21)15-9-11-29(12-10-15)23-24-18-5-3-4-6-20(18)30-23/h3-8,13,15,22H,9-12H2,1-2H3,(H,25,27). The lowest BCUT2D eigenvalue weighted by atomic mass is 9.95. The number of hydrogen-bond donors (Lipinski definition) is 1. The van der Waals surface area contributed by atoms with Crippen molar-refractivity contribution in [3.8, 4) is 0 Å². The average molecular weight is 416 g/mol. The second kappa shape index (κ2) is 7.01. The number of para-hydroxylation sites is 2. The predicted octanol–water partition coefficient (Wildman–Crippen LogP) is 3.55. The van der Waals surface area contributed by atoms with E-state index in [-0.39, 0.29) is 6.23 Å². The number of hydrogen-bond acceptors (Lipinski definition) is 7. The van der Waals surface area contributed by atoms with Crippen LogP contribution in [-0.2, 0) is 11.9 Å². The van der Waals surface area contributed by atoms with Gasteiger partial charge in [-0.05, 0) is 38.0 Å². The number of rotatable bonds is 3. The van der Waals surface area contributed by atoms with Crippen molar-refractivity contribution >= 4 is 33.9 Å². The molecule has 2 aliphatic heterocycles. The van der Waals surface area contributed by atoms with Gasteiger partial charge in [0.2, 0.25) is 6.23 Å². The molecule has 2 aliphatic rings. The summed E-state index contributed by atoms with van der Waals surface area (Å²) in [7, 11) is 1.97. The number of piperidine rings is 1. The topological polar surface area (TPSA) is 80.7 Å². The van der Waals surface area contributed by atoms with Crippen molar-refractivity contribution in [2.45, 2.75) is 26.0 Å². The fourth-order valence-electron chi connectivity index (χ4n) is 4.61. The van der Waals surface area contributed by atoms with Crippen LogP contribution < -0.4 is 10.2 Å². The van der Waals surface area contributed by atoms with Crippen molar-refractivity contribution in [3.63, 3.8) is 0 Å². The maximum atomic E-state index is 5.93. The number of benzene rings is 2. The second-order valence-electron chi connectivity index (χ2n) is 8.34. The summed E-state index contributed by atoms with van der Waals surface area (Å²) < 4.78 is 7.83. The van der Waals surface area contributed by atoms with Gasteiger partial charge in [0.15, 0.2) is 11.4 Å². The first kappa shape index (κ1) is 18.2. The molecule has 1 unspecified atom stereocenters. The van der Waals surface area contributed by atoms with Gasteiger partial charge in [-0.3, -0.25) is 4.68 Å². The minimum Gasteiger partial charge on any atom is -0.423 e. The first-order valence-electron chi connectivity index (χ1n) is 10.7. The first-order chi connectivity index (χ1) is 15.2. The van der Waals surface area contributed by atoms with Gasteiger partial charge in [-0.2, -0.15) is 10.1 Å². The van der Waals surface area contributed by atoms with Gasteiger partial charge in [-0.25, -0.2) is 0 Å². The van der Waals surface area contributed by atoms with Crippen molar-refractivity contribution < 1.29 is 9.25 Å². The molecule has 6 rings (SSSR count). The van der Waals surface area contributed by atoms with E-state index in [4.69, 9.17) is 9.25 Å². The van der Waals surface area contributed by atoms with Crippen LogP contribution in [0.5, 0.6) is 0 Å². The molecule has 8 heteroatoms. The Bertz CT molecular complexity index is 1270. The number of nitrogens with one attached hydrogen (secondary N) is 1. The van der Waals surface area contributed by atoms with Crippen LogP contribution in [0, 0.1) is 12.8 Å². The molecule has 2 aromatic carbocycles. The molecule has 1 saturated heterocycles. The van der Waals surface area contributed by atoms with Crippen molar-refractivity contribution in [2.75, 3.05) is 18.0 Å². The Hall–Kier alpha value is -3.55. The van der Waals surface area contributed by atoms with Crippen LogP contribution >= 0.6 is 0 Å². The number of fused-ring (bicyclic) bond motifs is 2. The highest BCUT2D eigenvalue weighted by molar-refractivity contribution is 6.02. The third kappa shape index (κ3) is 3.10. The highest BCUT2D eigenvalue weighted by Gasteiger charge is 2.33. The summed E-state index contributed by atoms with van der Waals surface area (Å²) in [6, 6.07) is 14.9. The first-order valence-corrected chi connectivity index (χ1v) is 10.7. The number of oxime groups is 1. The van der Waals surface area contributed by atoms with E-state index in [9.17, 15) is 0 Å². The summed E-state index contributed by atoms with van der Waals surface area (Å²) in [5.74, 6) is 1.16. The predicted molar refractivity (Wildman–Crippen MR) is 119 cm³/mol. The molecule has 4 heterocycles. The molecule has 0 aliphatic carbocycles. The monoisotopic (exact) mass is 416 g/mol. The van der Waals surface area contributed by atoms with Gasteiger partial charge in [0.1, 0.15) is 5.52 Å². The zero-order valence-electron chi connectivity index (χ0n) is 17.6.